The number of aliphatic hydroxyl groups excluding tert-OH is 1. The fraction of sp³-hybridized carbons (Fsp3) is 0.452. The summed E-state index contributed by atoms with van der Waals surface area (Å²) in [6.45, 7) is 1.85. The van der Waals surface area contributed by atoms with Gasteiger partial charge in [-0.15, -0.1) is 13.2 Å². The van der Waals surface area contributed by atoms with Crippen molar-refractivity contribution in [1.29, 1.82) is 5.41 Å². The number of rotatable bonds is 9. The van der Waals surface area contributed by atoms with Crippen molar-refractivity contribution in [2.45, 2.75) is 70.0 Å². The summed E-state index contributed by atoms with van der Waals surface area (Å²) in [6, 6.07) is 9.48. The van der Waals surface area contributed by atoms with E-state index in [9.17, 15) is 23.1 Å². The van der Waals surface area contributed by atoms with Gasteiger partial charge in [0.25, 0.3) is 0 Å². The highest BCUT2D eigenvalue weighted by Gasteiger charge is 2.43. The van der Waals surface area contributed by atoms with Crippen molar-refractivity contribution >= 4 is 38.4 Å². The van der Waals surface area contributed by atoms with Gasteiger partial charge in [0.2, 0.25) is 0 Å². The molecule has 3 aliphatic rings. The number of carbonyl (C=O) groups excluding carboxylic acids is 1. The number of hydrogen-bond acceptors (Lipinski definition) is 9. The summed E-state index contributed by atoms with van der Waals surface area (Å²) in [5.74, 6) is -0.987. The molecule has 2 aromatic carbocycles. The van der Waals surface area contributed by atoms with Gasteiger partial charge >= 0.3 is 12.3 Å². The molecule has 0 amide bonds. The molecule has 228 valence electrons. The molecule has 1 aliphatic carbocycles. The first-order chi connectivity index (χ1) is 20.5. The molecule has 1 saturated carbocycles. The number of methoxy groups -OCH3 is 1. The van der Waals surface area contributed by atoms with Crippen molar-refractivity contribution in [3.63, 3.8) is 0 Å². The highest BCUT2D eigenvalue weighted by atomic mass is 32.1. The Morgan fingerprint density at radius 3 is 2.49 bits per heavy atom. The third-order valence-electron chi connectivity index (χ3n) is 8.43. The maximum atomic E-state index is 13.0. The van der Waals surface area contributed by atoms with Crippen LogP contribution in [-0.4, -0.2) is 60.0 Å². The zero-order valence-corrected chi connectivity index (χ0v) is 24.6. The molecule has 2 unspecified atom stereocenters. The number of benzene rings is 2. The molecule has 2 saturated heterocycles. The van der Waals surface area contributed by atoms with Gasteiger partial charge < -0.3 is 24.2 Å². The molecule has 3 aromatic rings. The van der Waals surface area contributed by atoms with E-state index in [1.807, 2.05) is 13.0 Å². The zero-order valence-electron chi connectivity index (χ0n) is 23.7. The van der Waals surface area contributed by atoms with Gasteiger partial charge in [-0.05, 0) is 75.3 Å². The van der Waals surface area contributed by atoms with Gasteiger partial charge in [-0.3, -0.25) is 5.41 Å². The first kappa shape index (κ1) is 29.4. The summed E-state index contributed by atoms with van der Waals surface area (Å²) >= 11 is 1.55. The second-order valence-electron chi connectivity index (χ2n) is 11.4. The van der Waals surface area contributed by atoms with Gasteiger partial charge in [-0.25, -0.2) is 9.78 Å². The van der Waals surface area contributed by atoms with Crippen LogP contribution in [0.4, 0.5) is 18.3 Å². The van der Waals surface area contributed by atoms with Gasteiger partial charge in [-0.2, -0.15) is 0 Å². The first-order valence-corrected chi connectivity index (χ1v) is 15.1. The van der Waals surface area contributed by atoms with E-state index in [-0.39, 0.29) is 59.3 Å². The predicted molar refractivity (Wildman–Crippen MR) is 156 cm³/mol. The van der Waals surface area contributed by atoms with Crippen LogP contribution in [0.5, 0.6) is 5.75 Å². The fourth-order valence-corrected chi connectivity index (χ4v) is 7.46. The highest BCUT2D eigenvalue weighted by Crippen LogP contribution is 2.44. The molecule has 3 atom stereocenters. The van der Waals surface area contributed by atoms with Crippen LogP contribution >= 0.6 is 11.3 Å². The van der Waals surface area contributed by atoms with Gasteiger partial charge in [0, 0.05) is 29.1 Å². The third kappa shape index (κ3) is 6.08. The number of nitrogens with one attached hydrogen (secondary N) is 1. The number of para-hydroxylation sites is 1. The van der Waals surface area contributed by atoms with Gasteiger partial charge in [0.05, 0.1) is 41.3 Å². The number of ether oxygens (including phenoxy) is 3. The predicted octanol–water partition coefficient (Wildman–Crippen LogP) is 7.10. The Balaban J connectivity index is 1.18. The normalized spacial score (nSPS) is 22.4. The molecule has 43 heavy (non-hydrogen) atoms. The number of aromatic nitrogens is 1. The number of anilines is 1. The van der Waals surface area contributed by atoms with Crippen molar-refractivity contribution in [3.8, 4) is 5.75 Å². The number of esters is 1. The molecule has 3 fully saturated rings. The third-order valence-corrected chi connectivity index (χ3v) is 9.44. The summed E-state index contributed by atoms with van der Waals surface area (Å²) in [4.78, 5) is 19.4. The van der Waals surface area contributed by atoms with E-state index in [1.165, 1.54) is 25.3 Å². The Morgan fingerprint density at radius 1 is 1.14 bits per heavy atom. The van der Waals surface area contributed by atoms with Crippen molar-refractivity contribution in [2.24, 2.45) is 5.92 Å². The van der Waals surface area contributed by atoms with Crippen LogP contribution in [0.15, 0.2) is 47.7 Å². The number of thiazole rings is 1. The molecular weight excluding hydrogens is 583 g/mol. The second-order valence-corrected chi connectivity index (χ2v) is 12.4. The Bertz CT molecular complexity index is 1580. The molecule has 3 heterocycles. The van der Waals surface area contributed by atoms with Gasteiger partial charge in [0.1, 0.15) is 11.5 Å². The van der Waals surface area contributed by atoms with Crippen molar-refractivity contribution in [2.75, 3.05) is 18.6 Å². The lowest BCUT2D eigenvalue weighted by Crippen LogP contribution is -2.45. The number of piperidine rings is 1. The maximum absolute atomic E-state index is 13.0. The first-order valence-electron chi connectivity index (χ1n) is 14.3. The summed E-state index contributed by atoms with van der Waals surface area (Å²) in [5, 5.41) is 20.6. The number of allylic oxidation sites excluding steroid dienone is 1. The minimum absolute atomic E-state index is 0.00314. The Hall–Kier alpha value is -3.64. The number of aliphatic hydroxyl groups is 1. The largest absolute Gasteiger partial charge is 0.573 e. The SMILES string of the molecule is COC(=O)c1cc(C)c2nc(N3C4CC[C@H]3CC(OC/C(C(=N)c3ccccc3OC(F)(F)F)=C(/O)C3CC3)C4)sc2c1. The van der Waals surface area contributed by atoms with E-state index in [2.05, 4.69) is 9.64 Å². The number of hydrogen-bond donors (Lipinski definition) is 2. The van der Waals surface area contributed by atoms with Crippen LogP contribution in [-0.2, 0) is 9.47 Å². The molecule has 0 radical (unpaired) electrons. The van der Waals surface area contributed by atoms with Crippen LogP contribution in [0.25, 0.3) is 10.2 Å². The van der Waals surface area contributed by atoms with E-state index in [0.717, 1.165) is 65.5 Å². The molecule has 2 bridgehead atoms. The lowest BCUT2D eigenvalue weighted by atomic mass is 9.98. The number of fused-ring (bicyclic) bond motifs is 3. The molecule has 12 heteroatoms. The molecule has 2 N–H and O–H groups in total. The smallest absolute Gasteiger partial charge is 0.512 e. The Morgan fingerprint density at radius 2 is 1.84 bits per heavy atom. The van der Waals surface area contributed by atoms with E-state index in [0.29, 0.717) is 5.56 Å². The monoisotopic (exact) mass is 615 g/mol. The van der Waals surface area contributed by atoms with Crippen molar-refractivity contribution < 1.29 is 37.3 Å². The van der Waals surface area contributed by atoms with Crippen LogP contribution in [0.1, 0.15) is 60.0 Å². The Labute approximate surface area is 250 Å². The zero-order chi connectivity index (χ0) is 30.5. The number of aryl methyl sites for hydroxylation is 1. The molecule has 6 rings (SSSR count). The summed E-state index contributed by atoms with van der Waals surface area (Å²) < 4.78 is 55.4. The average Bonchev–Trinajstić information content (AvgIpc) is 3.67. The van der Waals surface area contributed by atoms with E-state index in [4.69, 9.17) is 19.9 Å². The van der Waals surface area contributed by atoms with Crippen LogP contribution in [0, 0.1) is 18.3 Å². The average molecular weight is 616 g/mol. The lowest BCUT2D eigenvalue weighted by Gasteiger charge is -2.38. The van der Waals surface area contributed by atoms with Crippen molar-refractivity contribution in [1.82, 2.24) is 4.98 Å². The molecular formula is C31H32F3N3O5S. The minimum atomic E-state index is -4.91. The minimum Gasteiger partial charge on any atom is -0.512 e. The van der Waals surface area contributed by atoms with Crippen molar-refractivity contribution in [3.05, 3.63) is 64.4 Å². The lowest BCUT2D eigenvalue weighted by molar-refractivity contribution is -0.274. The summed E-state index contributed by atoms with van der Waals surface area (Å²) in [7, 11) is 1.36. The fourth-order valence-electron chi connectivity index (χ4n) is 6.23. The maximum Gasteiger partial charge on any atom is 0.573 e. The Kier molecular flexibility index (Phi) is 7.84. The van der Waals surface area contributed by atoms with E-state index >= 15 is 0 Å². The van der Waals surface area contributed by atoms with Crippen LogP contribution in [0.3, 0.4) is 0 Å². The number of alkyl halides is 3. The topological polar surface area (TPSA) is 105 Å². The van der Waals surface area contributed by atoms with Gasteiger partial charge in [-0.1, -0.05) is 23.5 Å². The quantitative estimate of drug-likeness (QED) is 0.150. The molecule has 2 aliphatic heterocycles. The van der Waals surface area contributed by atoms with Gasteiger partial charge in [0.15, 0.2) is 5.13 Å². The summed E-state index contributed by atoms with van der Waals surface area (Å²) in [6.07, 6.45) is -0.152. The second kappa shape index (κ2) is 11.5. The highest BCUT2D eigenvalue weighted by molar-refractivity contribution is 7.22. The number of carbonyl (C=O) groups is 1. The molecule has 0 spiro atoms. The molecule has 8 nitrogen and oxygen atoms in total. The number of halogens is 3. The number of nitrogens with zero attached hydrogens (tertiary/aromatic N) is 2. The van der Waals surface area contributed by atoms with Crippen LogP contribution in [0.2, 0.25) is 0 Å². The van der Waals surface area contributed by atoms with E-state index in [1.54, 1.807) is 17.4 Å². The van der Waals surface area contributed by atoms with Crippen LogP contribution < -0.4 is 9.64 Å². The standard InChI is InChI=1S/C31H32F3N3O5S/c1-16-11-18(29(39)40-2)12-25-27(16)36-30(43-25)37-19-9-10-20(37)14-21(13-19)41-15-23(28(38)17-7-8-17)26(35)22-5-3-4-6-24(22)42-31(32,33)34/h3-6,11-12,17,19-21,35,38H,7-10,13-15H2,1-2H3/b28-23-,35-26?/t19-,20?,21?/m0/s1. The van der Waals surface area contributed by atoms with E-state index < -0.39 is 12.1 Å². The summed E-state index contributed by atoms with van der Waals surface area (Å²) in [5.41, 5.74) is 2.17. The molecule has 1 aromatic heterocycles.